The molecule has 1 saturated heterocycles. The maximum absolute atomic E-state index is 11.6. The standard InChI is InChI=1S/C12H23N3O4/c1-8(16)10(11(17)18)14-12(19)13-7-9-3-5-15(2)6-4-9/h8-10,16H,3-7H2,1-2H3,(H,17,18)(H2,13,14,19)/t8-,10+/m1/s1. The van der Waals surface area contributed by atoms with E-state index in [1.807, 2.05) is 0 Å². The topological polar surface area (TPSA) is 102 Å². The summed E-state index contributed by atoms with van der Waals surface area (Å²) < 4.78 is 0. The Morgan fingerprint density at radius 3 is 2.42 bits per heavy atom. The third-order valence-corrected chi connectivity index (χ3v) is 3.42. The van der Waals surface area contributed by atoms with Gasteiger partial charge in [-0.3, -0.25) is 0 Å². The summed E-state index contributed by atoms with van der Waals surface area (Å²) in [6.07, 6.45) is 0.914. The number of likely N-dealkylation sites (tertiary alicyclic amines) is 1. The van der Waals surface area contributed by atoms with Gasteiger partial charge in [-0.1, -0.05) is 0 Å². The Hall–Kier alpha value is -1.34. The number of urea groups is 1. The van der Waals surface area contributed by atoms with E-state index in [2.05, 4.69) is 22.6 Å². The van der Waals surface area contributed by atoms with Crippen molar-refractivity contribution in [1.29, 1.82) is 0 Å². The summed E-state index contributed by atoms with van der Waals surface area (Å²) in [5.74, 6) is -0.818. The normalized spacial score (nSPS) is 20.6. The molecule has 0 saturated carbocycles. The molecule has 0 aliphatic carbocycles. The second-order valence-electron chi connectivity index (χ2n) is 5.16. The third kappa shape index (κ3) is 5.44. The molecule has 1 fully saturated rings. The molecule has 1 heterocycles. The van der Waals surface area contributed by atoms with Crippen LogP contribution in [0.2, 0.25) is 0 Å². The summed E-state index contributed by atoms with van der Waals surface area (Å²) in [6.45, 7) is 3.89. The van der Waals surface area contributed by atoms with Crippen LogP contribution in [0, 0.1) is 5.92 Å². The van der Waals surface area contributed by atoms with E-state index in [-0.39, 0.29) is 0 Å². The Morgan fingerprint density at radius 1 is 1.37 bits per heavy atom. The number of nitrogens with zero attached hydrogens (tertiary/aromatic N) is 1. The summed E-state index contributed by atoms with van der Waals surface area (Å²) in [5.41, 5.74) is 0. The number of piperidine rings is 1. The highest BCUT2D eigenvalue weighted by atomic mass is 16.4. The summed E-state index contributed by atoms with van der Waals surface area (Å²) in [6, 6.07) is -1.83. The van der Waals surface area contributed by atoms with Gasteiger partial charge in [0.05, 0.1) is 6.10 Å². The molecular formula is C12H23N3O4. The molecular weight excluding hydrogens is 250 g/mol. The van der Waals surface area contributed by atoms with Crippen LogP contribution in [0.15, 0.2) is 0 Å². The van der Waals surface area contributed by atoms with Gasteiger partial charge in [0.1, 0.15) is 0 Å². The Balaban J connectivity index is 2.29. The fourth-order valence-corrected chi connectivity index (χ4v) is 2.08. The minimum Gasteiger partial charge on any atom is -0.480 e. The molecule has 19 heavy (non-hydrogen) atoms. The van der Waals surface area contributed by atoms with Crippen molar-refractivity contribution in [2.24, 2.45) is 5.92 Å². The van der Waals surface area contributed by atoms with Crippen LogP contribution in [0.25, 0.3) is 0 Å². The van der Waals surface area contributed by atoms with Crippen molar-refractivity contribution in [3.63, 3.8) is 0 Å². The monoisotopic (exact) mass is 273 g/mol. The van der Waals surface area contributed by atoms with Crippen molar-refractivity contribution in [1.82, 2.24) is 15.5 Å². The van der Waals surface area contributed by atoms with Crippen molar-refractivity contribution < 1.29 is 19.8 Å². The summed E-state index contributed by atoms with van der Waals surface area (Å²) in [7, 11) is 2.07. The number of carboxylic acids is 1. The maximum Gasteiger partial charge on any atom is 0.328 e. The molecule has 1 aliphatic rings. The zero-order valence-corrected chi connectivity index (χ0v) is 11.4. The van der Waals surface area contributed by atoms with Gasteiger partial charge >= 0.3 is 12.0 Å². The summed E-state index contributed by atoms with van der Waals surface area (Å²) in [5, 5.41) is 23.0. The summed E-state index contributed by atoms with van der Waals surface area (Å²) in [4.78, 5) is 24.6. The highest BCUT2D eigenvalue weighted by molar-refractivity contribution is 5.82. The number of aliphatic carboxylic acids is 1. The Bertz CT molecular complexity index is 314. The number of aliphatic hydroxyl groups excluding tert-OH is 1. The van der Waals surface area contributed by atoms with Gasteiger partial charge in [0.2, 0.25) is 0 Å². The Morgan fingerprint density at radius 2 is 1.95 bits per heavy atom. The first-order valence-corrected chi connectivity index (χ1v) is 6.54. The van der Waals surface area contributed by atoms with Crippen LogP contribution in [0.3, 0.4) is 0 Å². The van der Waals surface area contributed by atoms with Gasteiger partial charge in [0.15, 0.2) is 6.04 Å². The second-order valence-corrected chi connectivity index (χ2v) is 5.16. The maximum atomic E-state index is 11.6. The van der Waals surface area contributed by atoms with Gasteiger partial charge in [0, 0.05) is 6.54 Å². The lowest BCUT2D eigenvalue weighted by Gasteiger charge is -2.29. The van der Waals surface area contributed by atoms with E-state index in [1.54, 1.807) is 0 Å². The van der Waals surface area contributed by atoms with Crippen LogP contribution in [0.4, 0.5) is 4.79 Å². The van der Waals surface area contributed by atoms with Gasteiger partial charge in [-0.25, -0.2) is 9.59 Å². The van der Waals surface area contributed by atoms with E-state index < -0.39 is 24.1 Å². The number of amides is 2. The third-order valence-electron chi connectivity index (χ3n) is 3.42. The summed E-state index contributed by atoms with van der Waals surface area (Å²) >= 11 is 0. The molecule has 4 N–H and O–H groups in total. The van der Waals surface area contributed by atoms with E-state index in [0.717, 1.165) is 25.9 Å². The molecule has 0 spiro atoms. The van der Waals surface area contributed by atoms with Gasteiger partial charge < -0.3 is 25.7 Å². The zero-order chi connectivity index (χ0) is 14.4. The second kappa shape index (κ2) is 7.30. The van der Waals surface area contributed by atoms with Crippen LogP contribution in [-0.2, 0) is 4.79 Å². The zero-order valence-electron chi connectivity index (χ0n) is 11.4. The quantitative estimate of drug-likeness (QED) is 0.539. The molecule has 7 nitrogen and oxygen atoms in total. The number of hydrogen-bond acceptors (Lipinski definition) is 4. The number of carboxylic acid groups (broad SMARTS) is 1. The Kier molecular flexibility index (Phi) is 6.04. The van der Waals surface area contributed by atoms with Crippen LogP contribution in [0.5, 0.6) is 0 Å². The molecule has 1 rings (SSSR count). The minimum absolute atomic E-state index is 0.428. The van der Waals surface area contributed by atoms with E-state index in [0.29, 0.717) is 12.5 Å². The molecule has 2 atom stereocenters. The first-order valence-electron chi connectivity index (χ1n) is 6.54. The average Bonchev–Trinajstić information content (AvgIpc) is 2.34. The molecule has 0 unspecified atom stereocenters. The van der Waals surface area contributed by atoms with Crippen molar-refractivity contribution in [2.45, 2.75) is 31.9 Å². The fourth-order valence-electron chi connectivity index (χ4n) is 2.08. The molecule has 0 radical (unpaired) electrons. The predicted octanol–water partition coefficient (Wildman–Crippen LogP) is -0.539. The molecule has 2 amide bonds. The minimum atomic E-state index is -1.28. The van der Waals surface area contributed by atoms with Gasteiger partial charge in [-0.2, -0.15) is 0 Å². The van der Waals surface area contributed by atoms with E-state index in [4.69, 9.17) is 5.11 Å². The number of aliphatic hydroxyl groups is 1. The van der Waals surface area contributed by atoms with Gasteiger partial charge in [-0.05, 0) is 45.8 Å². The van der Waals surface area contributed by atoms with Crippen LogP contribution >= 0.6 is 0 Å². The number of carbonyl (C=O) groups is 2. The molecule has 0 bridgehead atoms. The number of rotatable bonds is 5. The van der Waals surface area contributed by atoms with Crippen molar-refractivity contribution in [2.75, 3.05) is 26.7 Å². The highest BCUT2D eigenvalue weighted by Gasteiger charge is 2.25. The van der Waals surface area contributed by atoms with Gasteiger partial charge in [0.25, 0.3) is 0 Å². The number of hydrogen-bond donors (Lipinski definition) is 4. The van der Waals surface area contributed by atoms with E-state index >= 15 is 0 Å². The van der Waals surface area contributed by atoms with E-state index in [9.17, 15) is 14.7 Å². The fraction of sp³-hybridized carbons (Fsp3) is 0.833. The lowest BCUT2D eigenvalue weighted by atomic mass is 9.97. The molecule has 1 aliphatic heterocycles. The van der Waals surface area contributed by atoms with E-state index in [1.165, 1.54) is 6.92 Å². The lowest BCUT2D eigenvalue weighted by molar-refractivity contribution is -0.141. The average molecular weight is 273 g/mol. The predicted molar refractivity (Wildman–Crippen MR) is 69.9 cm³/mol. The largest absolute Gasteiger partial charge is 0.480 e. The van der Waals surface area contributed by atoms with Crippen molar-refractivity contribution in [3.8, 4) is 0 Å². The Labute approximate surface area is 113 Å². The van der Waals surface area contributed by atoms with Crippen LogP contribution in [0.1, 0.15) is 19.8 Å². The SMILES string of the molecule is C[C@@H](O)[C@H](NC(=O)NCC1CCN(C)CC1)C(=O)O. The smallest absolute Gasteiger partial charge is 0.328 e. The first kappa shape index (κ1) is 15.7. The first-order chi connectivity index (χ1) is 8.90. The number of nitrogens with one attached hydrogen (secondary N) is 2. The van der Waals surface area contributed by atoms with Gasteiger partial charge in [-0.15, -0.1) is 0 Å². The molecule has 0 aromatic carbocycles. The van der Waals surface area contributed by atoms with Crippen LogP contribution in [-0.4, -0.2) is 65.9 Å². The lowest BCUT2D eigenvalue weighted by Crippen LogP contribution is -2.52. The molecule has 110 valence electrons. The molecule has 7 heteroatoms. The molecule has 0 aromatic rings. The highest BCUT2D eigenvalue weighted by Crippen LogP contribution is 2.14. The van der Waals surface area contributed by atoms with Crippen molar-refractivity contribution in [3.05, 3.63) is 0 Å². The molecule has 0 aromatic heterocycles. The number of carbonyl (C=O) groups excluding carboxylic acids is 1. The van der Waals surface area contributed by atoms with Crippen molar-refractivity contribution >= 4 is 12.0 Å². The van der Waals surface area contributed by atoms with Crippen LogP contribution < -0.4 is 10.6 Å².